The van der Waals surface area contributed by atoms with E-state index >= 15 is 0 Å². The van der Waals surface area contributed by atoms with Crippen LogP contribution in [0.2, 0.25) is 0 Å². The summed E-state index contributed by atoms with van der Waals surface area (Å²) in [6.07, 6.45) is 2.59. The van der Waals surface area contributed by atoms with Crippen LogP contribution in [0.25, 0.3) is 0 Å². The molecule has 1 aromatic carbocycles. The van der Waals surface area contributed by atoms with Crippen LogP contribution in [0.4, 0.5) is 0 Å². The molecule has 2 nitrogen and oxygen atoms in total. The van der Waals surface area contributed by atoms with Crippen molar-refractivity contribution in [2.45, 2.75) is 52.7 Å². The van der Waals surface area contributed by atoms with E-state index in [1.807, 2.05) is 0 Å². The average Bonchev–Trinajstić information content (AvgIpc) is 2.85. The Balaban J connectivity index is 1.98. The molecule has 1 fully saturated rings. The van der Waals surface area contributed by atoms with Gasteiger partial charge in [0.1, 0.15) is 0 Å². The molecule has 1 aromatic rings. The molecular weight excluding hydrogens is 246 g/mol. The molecule has 0 aliphatic carbocycles. The summed E-state index contributed by atoms with van der Waals surface area (Å²) >= 11 is 0. The molecule has 20 heavy (non-hydrogen) atoms. The number of hydrogen-bond acceptors (Lipinski definition) is 2. The SMILES string of the molecule is CC(C)Cc1ccc(C2OCCC2CNC(C)C)cc1. The van der Waals surface area contributed by atoms with Crippen LogP contribution in [0.3, 0.4) is 0 Å². The van der Waals surface area contributed by atoms with Crippen LogP contribution in [-0.2, 0) is 11.2 Å². The van der Waals surface area contributed by atoms with Gasteiger partial charge in [0.25, 0.3) is 0 Å². The Labute approximate surface area is 123 Å². The van der Waals surface area contributed by atoms with Crippen molar-refractivity contribution in [1.82, 2.24) is 5.32 Å². The van der Waals surface area contributed by atoms with Gasteiger partial charge in [-0.3, -0.25) is 0 Å². The first kappa shape index (κ1) is 15.5. The molecule has 2 unspecified atom stereocenters. The predicted octanol–water partition coefficient (Wildman–Crippen LogP) is 3.96. The quantitative estimate of drug-likeness (QED) is 0.848. The van der Waals surface area contributed by atoms with Crippen molar-refractivity contribution in [3.63, 3.8) is 0 Å². The molecule has 112 valence electrons. The number of ether oxygens (including phenoxy) is 1. The van der Waals surface area contributed by atoms with Gasteiger partial charge in [0, 0.05) is 25.1 Å². The highest BCUT2D eigenvalue weighted by Gasteiger charge is 2.29. The van der Waals surface area contributed by atoms with Gasteiger partial charge in [0.05, 0.1) is 6.10 Å². The lowest BCUT2D eigenvalue weighted by molar-refractivity contribution is 0.0901. The Bertz CT molecular complexity index is 396. The average molecular weight is 275 g/mol. The summed E-state index contributed by atoms with van der Waals surface area (Å²) in [7, 11) is 0. The fourth-order valence-electron chi connectivity index (χ4n) is 2.91. The Kier molecular flexibility index (Phi) is 5.62. The first-order valence-corrected chi connectivity index (χ1v) is 8.00. The van der Waals surface area contributed by atoms with Gasteiger partial charge < -0.3 is 10.1 Å². The Morgan fingerprint density at radius 1 is 1.15 bits per heavy atom. The van der Waals surface area contributed by atoms with Gasteiger partial charge in [-0.25, -0.2) is 0 Å². The number of hydrogen-bond donors (Lipinski definition) is 1. The minimum Gasteiger partial charge on any atom is -0.373 e. The van der Waals surface area contributed by atoms with E-state index in [0.717, 1.165) is 26.0 Å². The predicted molar refractivity (Wildman–Crippen MR) is 84.9 cm³/mol. The van der Waals surface area contributed by atoms with Gasteiger partial charge in [-0.15, -0.1) is 0 Å². The summed E-state index contributed by atoms with van der Waals surface area (Å²) in [5.41, 5.74) is 2.77. The van der Waals surface area contributed by atoms with Gasteiger partial charge in [-0.1, -0.05) is 52.0 Å². The zero-order chi connectivity index (χ0) is 14.5. The van der Waals surface area contributed by atoms with Crippen LogP contribution in [0.1, 0.15) is 51.3 Å². The van der Waals surface area contributed by atoms with Crippen molar-refractivity contribution >= 4 is 0 Å². The minimum absolute atomic E-state index is 0.273. The highest BCUT2D eigenvalue weighted by molar-refractivity contribution is 5.25. The molecule has 0 saturated carbocycles. The Hall–Kier alpha value is -0.860. The van der Waals surface area contributed by atoms with E-state index in [2.05, 4.69) is 57.3 Å². The highest BCUT2D eigenvalue weighted by Crippen LogP contribution is 2.34. The molecule has 0 aromatic heterocycles. The van der Waals surface area contributed by atoms with Gasteiger partial charge in [-0.05, 0) is 29.9 Å². The molecule has 1 saturated heterocycles. The Morgan fingerprint density at radius 3 is 2.45 bits per heavy atom. The standard InChI is InChI=1S/C18H29NO/c1-13(2)11-15-5-7-16(8-6-15)18-17(9-10-20-18)12-19-14(3)4/h5-8,13-14,17-19H,9-12H2,1-4H3. The summed E-state index contributed by atoms with van der Waals surface area (Å²) < 4.78 is 5.96. The zero-order valence-electron chi connectivity index (χ0n) is 13.4. The zero-order valence-corrected chi connectivity index (χ0v) is 13.4. The fourth-order valence-corrected chi connectivity index (χ4v) is 2.91. The van der Waals surface area contributed by atoms with E-state index in [0.29, 0.717) is 17.9 Å². The molecule has 0 bridgehead atoms. The maximum atomic E-state index is 5.96. The molecule has 1 aliphatic heterocycles. The largest absolute Gasteiger partial charge is 0.373 e. The second-order valence-corrected chi connectivity index (χ2v) is 6.74. The number of rotatable bonds is 6. The molecule has 1 heterocycles. The summed E-state index contributed by atoms with van der Waals surface area (Å²) in [6, 6.07) is 9.60. The molecular formula is C18H29NO. The lowest BCUT2D eigenvalue weighted by Crippen LogP contribution is -2.30. The molecule has 0 amide bonds. The summed E-state index contributed by atoms with van der Waals surface area (Å²) in [5, 5.41) is 3.54. The van der Waals surface area contributed by atoms with Crippen LogP contribution >= 0.6 is 0 Å². The topological polar surface area (TPSA) is 21.3 Å². The van der Waals surface area contributed by atoms with Crippen molar-refractivity contribution in [1.29, 1.82) is 0 Å². The van der Waals surface area contributed by atoms with E-state index in [-0.39, 0.29) is 6.10 Å². The third-order valence-electron chi connectivity index (χ3n) is 3.95. The van der Waals surface area contributed by atoms with Crippen LogP contribution in [0, 0.1) is 11.8 Å². The maximum Gasteiger partial charge on any atom is 0.0866 e. The van der Waals surface area contributed by atoms with Gasteiger partial charge in [0.15, 0.2) is 0 Å². The van der Waals surface area contributed by atoms with Crippen LogP contribution in [-0.4, -0.2) is 19.2 Å². The fraction of sp³-hybridized carbons (Fsp3) is 0.667. The monoisotopic (exact) mass is 275 g/mol. The first-order chi connectivity index (χ1) is 9.56. The smallest absolute Gasteiger partial charge is 0.0866 e. The maximum absolute atomic E-state index is 5.96. The second-order valence-electron chi connectivity index (χ2n) is 6.74. The van der Waals surface area contributed by atoms with Crippen LogP contribution < -0.4 is 5.32 Å². The van der Waals surface area contributed by atoms with Crippen LogP contribution in [0.5, 0.6) is 0 Å². The summed E-state index contributed by atoms with van der Waals surface area (Å²) in [4.78, 5) is 0. The normalized spacial score (nSPS) is 22.9. The van der Waals surface area contributed by atoms with E-state index in [1.54, 1.807) is 0 Å². The number of benzene rings is 1. The Morgan fingerprint density at radius 2 is 1.85 bits per heavy atom. The van der Waals surface area contributed by atoms with Crippen molar-refractivity contribution in [2.75, 3.05) is 13.2 Å². The minimum atomic E-state index is 0.273. The van der Waals surface area contributed by atoms with Crippen molar-refractivity contribution < 1.29 is 4.74 Å². The molecule has 0 spiro atoms. The number of nitrogens with one attached hydrogen (secondary N) is 1. The third kappa shape index (κ3) is 4.32. The van der Waals surface area contributed by atoms with Crippen LogP contribution in [0.15, 0.2) is 24.3 Å². The summed E-state index contributed by atoms with van der Waals surface area (Å²) in [5.74, 6) is 1.32. The molecule has 2 rings (SSSR count). The molecule has 1 N–H and O–H groups in total. The molecule has 2 heteroatoms. The van der Waals surface area contributed by atoms with E-state index in [4.69, 9.17) is 4.74 Å². The van der Waals surface area contributed by atoms with Crippen molar-refractivity contribution in [3.8, 4) is 0 Å². The van der Waals surface area contributed by atoms with Gasteiger partial charge in [-0.2, -0.15) is 0 Å². The first-order valence-electron chi connectivity index (χ1n) is 8.00. The second kappa shape index (κ2) is 7.24. The van der Waals surface area contributed by atoms with Gasteiger partial charge >= 0.3 is 0 Å². The van der Waals surface area contributed by atoms with E-state index < -0.39 is 0 Å². The van der Waals surface area contributed by atoms with Crippen molar-refractivity contribution in [2.24, 2.45) is 11.8 Å². The molecule has 1 aliphatic rings. The summed E-state index contributed by atoms with van der Waals surface area (Å²) in [6.45, 7) is 10.9. The van der Waals surface area contributed by atoms with Gasteiger partial charge in [0.2, 0.25) is 0 Å². The van der Waals surface area contributed by atoms with Crippen molar-refractivity contribution in [3.05, 3.63) is 35.4 Å². The third-order valence-corrected chi connectivity index (χ3v) is 3.95. The highest BCUT2D eigenvalue weighted by atomic mass is 16.5. The van der Waals surface area contributed by atoms with E-state index in [9.17, 15) is 0 Å². The molecule has 0 radical (unpaired) electrons. The lowest BCUT2D eigenvalue weighted by atomic mass is 9.93. The van der Waals surface area contributed by atoms with E-state index in [1.165, 1.54) is 11.1 Å². The molecule has 2 atom stereocenters. The lowest BCUT2D eigenvalue weighted by Gasteiger charge is -2.21.